The number of anilines is 1. The molecule has 1 aromatic rings. The molecule has 0 unspecified atom stereocenters. The second kappa shape index (κ2) is 10.8. The van der Waals surface area contributed by atoms with Crippen molar-refractivity contribution in [1.29, 1.82) is 5.26 Å². The van der Waals surface area contributed by atoms with E-state index < -0.39 is 0 Å². The van der Waals surface area contributed by atoms with Crippen LogP contribution in [-0.4, -0.2) is 11.9 Å². The summed E-state index contributed by atoms with van der Waals surface area (Å²) < 4.78 is 0. The van der Waals surface area contributed by atoms with Gasteiger partial charge in [0, 0.05) is 18.2 Å². The Bertz CT molecular complexity index is 511. The highest BCUT2D eigenvalue weighted by Gasteiger charge is 2.24. The summed E-state index contributed by atoms with van der Waals surface area (Å²) in [6.45, 7) is 6.41. The standard InChI is InChI=1S/C20H30N2O/c1-4-7-12-18(13-8-5-2)22(20(23)10-6-3)19-14-9-11-17(15-19)16-21/h9,11,14-15,18H,4-8,10,12-13H2,1-3H3. The van der Waals surface area contributed by atoms with Crippen molar-refractivity contribution < 1.29 is 4.79 Å². The zero-order chi connectivity index (χ0) is 17.1. The molecule has 1 aromatic carbocycles. The van der Waals surface area contributed by atoms with Gasteiger partial charge in [0.2, 0.25) is 5.91 Å². The molecule has 1 rings (SSSR count). The van der Waals surface area contributed by atoms with Crippen LogP contribution in [0.4, 0.5) is 5.69 Å². The monoisotopic (exact) mass is 314 g/mol. The number of carbonyl (C=O) groups is 1. The quantitative estimate of drug-likeness (QED) is 0.577. The number of amides is 1. The minimum Gasteiger partial charge on any atom is -0.309 e. The van der Waals surface area contributed by atoms with Crippen molar-refractivity contribution in [3.63, 3.8) is 0 Å². The van der Waals surface area contributed by atoms with Crippen molar-refractivity contribution in [3.05, 3.63) is 29.8 Å². The maximum absolute atomic E-state index is 12.8. The lowest BCUT2D eigenvalue weighted by molar-refractivity contribution is -0.119. The molecule has 0 heterocycles. The lowest BCUT2D eigenvalue weighted by Gasteiger charge is -2.32. The lowest BCUT2D eigenvalue weighted by Crippen LogP contribution is -2.40. The topological polar surface area (TPSA) is 44.1 Å². The Kier molecular flexibility index (Phi) is 9.05. The van der Waals surface area contributed by atoms with E-state index in [0.29, 0.717) is 12.0 Å². The summed E-state index contributed by atoms with van der Waals surface area (Å²) >= 11 is 0. The highest BCUT2D eigenvalue weighted by molar-refractivity contribution is 5.94. The fourth-order valence-electron chi connectivity index (χ4n) is 2.90. The molecule has 1 amide bonds. The van der Waals surface area contributed by atoms with Crippen LogP contribution in [0.3, 0.4) is 0 Å². The number of hydrogen-bond acceptors (Lipinski definition) is 2. The zero-order valence-corrected chi connectivity index (χ0v) is 14.8. The SMILES string of the molecule is CCCCC(CCCC)N(C(=O)CCC)c1cccc(C#N)c1. The molecule has 0 fully saturated rings. The van der Waals surface area contributed by atoms with Gasteiger partial charge in [-0.05, 0) is 37.5 Å². The molecule has 0 bridgehead atoms. The van der Waals surface area contributed by atoms with Gasteiger partial charge in [-0.25, -0.2) is 0 Å². The van der Waals surface area contributed by atoms with E-state index in [-0.39, 0.29) is 11.9 Å². The van der Waals surface area contributed by atoms with Gasteiger partial charge in [-0.15, -0.1) is 0 Å². The Balaban J connectivity index is 3.13. The third-order valence-electron chi connectivity index (χ3n) is 4.13. The first-order valence-electron chi connectivity index (χ1n) is 9.00. The van der Waals surface area contributed by atoms with E-state index in [4.69, 9.17) is 5.26 Å². The third-order valence-corrected chi connectivity index (χ3v) is 4.13. The molecule has 23 heavy (non-hydrogen) atoms. The first-order chi connectivity index (χ1) is 11.2. The predicted molar refractivity (Wildman–Crippen MR) is 96.4 cm³/mol. The Morgan fingerprint density at radius 1 is 1.13 bits per heavy atom. The van der Waals surface area contributed by atoms with Crippen LogP contribution >= 0.6 is 0 Å². The average molecular weight is 314 g/mol. The smallest absolute Gasteiger partial charge is 0.227 e. The van der Waals surface area contributed by atoms with Gasteiger partial charge >= 0.3 is 0 Å². The van der Waals surface area contributed by atoms with Gasteiger partial charge in [0.25, 0.3) is 0 Å². The Morgan fingerprint density at radius 2 is 1.78 bits per heavy atom. The van der Waals surface area contributed by atoms with E-state index in [0.717, 1.165) is 50.6 Å². The normalized spacial score (nSPS) is 10.6. The van der Waals surface area contributed by atoms with Crippen molar-refractivity contribution in [2.24, 2.45) is 0 Å². The van der Waals surface area contributed by atoms with Crippen LogP contribution in [0.2, 0.25) is 0 Å². The first kappa shape index (κ1) is 19.2. The molecule has 3 heteroatoms. The molecule has 0 aliphatic carbocycles. The highest BCUT2D eigenvalue weighted by Crippen LogP contribution is 2.25. The summed E-state index contributed by atoms with van der Waals surface area (Å²) in [7, 11) is 0. The molecular formula is C20H30N2O. The van der Waals surface area contributed by atoms with Crippen molar-refractivity contribution in [3.8, 4) is 6.07 Å². The van der Waals surface area contributed by atoms with Gasteiger partial charge in [0.05, 0.1) is 11.6 Å². The number of nitrogens with zero attached hydrogens (tertiary/aromatic N) is 2. The van der Waals surface area contributed by atoms with Gasteiger partial charge in [-0.3, -0.25) is 4.79 Å². The maximum atomic E-state index is 12.8. The van der Waals surface area contributed by atoms with Crippen molar-refractivity contribution in [2.75, 3.05) is 4.90 Å². The molecule has 126 valence electrons. The molecule has 0 aromatic heterocycles. The number of unbranched alkanes of at least 4 members (excludes halogenated alkanes) is 2. The summed E-state index contributed by atoms with van der Waals surface area (Å²) in [4.78, 5) is 14.7. The summed E-state index contributed by atoms with van der Waals surface area (Å²) in [6, 6.07) is 9.89. The van der Waals surface area contributed by atoms with Crippen molar-refractivity contribution in [1.82, 2.24) is 0 Å². The Labute approximate surface area is 141 Å². The minimum atomic E-state index is 0.180. The van der Waals surface area contributed by atoms with Gasteiger partial charge in [0.1, 0.15) is 0 Å². The van der Waals surface area contributed by atoms with Crippen LogP contribution in [0.25, 0.3) is 0 Å². The fraction of sp³-hybridized carbons (Fsp3) is 0.600. The molecule has 3 nitrogen and oxygen atoms in total. The van der Waals surface area contributed by atoms with E-state index in [1.807, 2.05) is 30.0 Å². The largest absolute Gasteiger partial charge is 0.309 e. The van der Waals surface area contributed by atoms with Crippen LogP contribution in [0.15, 0.2) is 24.3 Å². The molecule has 0 saturated carbocycles. The van der Waals surface area contributed by atoms with Gasteiger partial charge < -0.3 is 4.90 Å². The van der Waals surface area contributed by atoms with Crippen molar-refractivity contribution >= 4 is 11.6 Å². The third kappa shape index (κ3) is 6.06. The maximum Gasteiger partial charge on any atom is 0.227 e. The number of nitriles is 1. The molecular weight excluding hydrogens is 284 g/mol. The summed E-state index contributed by atoms with van der Waals surface area (Å²) in [5, 5.41) is 9.15. The summed E-state index contributed by atoms with van der Waals surface area (Å²) in [6.07, 6.45) is 8.00. The van der Waals surface area contributed by atoms with Gasteiger partial charge in [0.15, 0.2) is 0 Å². The summed E-state index contributed by atoms with van der Waals surface area (Å²) in [5.41, 5.74) is 1.49. The van der Waals surface area contributed by atoms with E-state index in [1.165, 1.54) is 0 Å². The molecule has 0 N–H and O–H groups in total. The van der Waals surface area contributed by atoms with Crippen LogP contribution < -0.4 is 4.90 Å². The Hall–Kier alpha value is -1.82. The number of rotatable bonds is 10. The predicted octanol–water partition coefficient (Wildman–Crippen LogP) is 5.44. The second-order valence-corrected chi connectivity index (χ2v) is 6.11. The summed E-state index contributed by atoms with van der Waals surface area (Å²) in [5.74, 6) is 0.180. The highest BCUT2D eigenvalue weighted by atomic mass is 16.2. The van der Waals surface area contributed by atoms with E-state index in [1.54, 1.807) is 6.07 Å². The van der Waals surface area contributed by atoms with E-state index >= 15 is 0 Å². The van der Waals surface area contributed by atoms with Gasteiger partial charge in [-0.1, -0.05) is 52.5 Å². The molecule has 0 saturated heterocycles. The molecule has 0 radical (unpaired) electrons. The fourth-order valence-corrected chi connectivity index (χ4v) is 2.90. The second-order valence-electron chi connectivity index (χ2n) is 6.11. The lowest BCUT2D eigenvalue weighted by atomic mass is 10.00. The number of hydrogen-bond donors (Lipinski definition) is 0. The molecule has 0 atom stereocenters. The number of benzene rings is 1. The van der Waals surface area contributed by atoms with Crippen LogP contribution in [0, 0.1) is 11.3 Å². The minimum absolute atomic E-state index is 0.180. The molecule has 0 spiro atoms. The molecule has 0 aliphatic heterocycles. The van der Waals surface area contributed by atoms with E-state index in [9.17, 15) is 4.79 Å². The Morgan fingerprint density at radius 3 is 2.30 bits per heavy atom. The van der Waals surface area contributed by atoms with Crippen LogP contribution in [-0.2, 0) is 4.79 Å². The zero-order valence-electron chi connectivity index (χ0n) is 14.8. The first-order valence-corrected chi connectivity index (χ1v) is 9.00. The number of carbonyl (C=O) groups excluding carboxylic acids is 1. The van der Waals surface area contributed by atoms with Crippen LogP contribution in [0.1, 0.15) is 77.7 Å². The average Bonchev–Trinajstić information content (AvgIpc) is 2.57. The van der Waals surface area contributed by atoms with Crippen molar-refractivity contribution in [2.45, 2.75) is 78.2 Å². The van der Waals surface area contributed by atoms with Crippen LogP contribution in [0.5, 0.6) is 0 Å². The van der Waals surface area contributed by atoms with E-state index in [2.05, 4.69) is 19.9 Å². The molecule has 0 aliphatic rings. The van der Waals surface area contributed by atoms with Gasteiger partial charge in [-0.2, -0.15) is 5.26 Å².